The second-order valence-electron chi connectivity index (χ2n) is 3.73. The van der Waals surface area contributed by atoms with Crippen LogP contribution in [0.3, 0.4) is 0 Å². The first kappa shape index (κ1) is 12.4. The van der Waals surface area contributed by atoms with Gasteiger partial charge in [0.05, 0.1) is 5.75 Å². The van der Waals surface area contributed by atoms with Crippen LogP contribution in [-0.2, 0) is 15.8 Å². The lowest BCUT2D eigenvalue weighted by molar-refractivity contribution is 0.597. The minimum atomic E-state index is -3.49. The van der Waals surface area contributed by atoms with Gasteiger partial charge in [0.1, 0.15) is 0 Å². The van der Waals surface area contributed by atoms with Gasteiger partial charge in [0.15, 0.2) is 0 Å². The predicted octanol–water partition coefficient (Wildman–Crippen LogP) is 2.03. The zero-order chi connectivity index (χ0) is 12.8. The third-order valence-corrected chi connectivity index (χ3v) is 3.36. The number of aromatic nitrogens is 1. The highest BCUT2D eigenvalue weighted by Gasteiger charge is 2.08. The minimum absolute atomic E-state index is 0.0927. The Morgan fingerprint density at radius 1 is 1.11 bits per heavy atom. The van der Waals surface area contributed by atoms with E-state index in [1.54, 1.807) is 48.8 Å². The second kappa shape index (κ2) is 5.55. The van der Waals surface area contributed by atoms with Crippen molar-refractivity contribution < 1.29 is 8.42 Å². The standard InChI is InChI=1S/C13H12N2O2S/c16-18(17,11-12-5-2-1-3-6-12)15-10-13-7-4-8-14-9-13/h1-10H,11H2/b15-10+. The van der Waals surface area contributed by atoms with E-state index >= 15 is 0 Å². The van der Waals surface area contributed by atoms with Crippen molar-refractivity contribution in [1.29, 1.82) is 0 Å². The summed E-state index contributed by atoms with van der Waals surface area (Å²) in [5.74, 6) is -0.0927. The van der Waals surface area contributed by atoms with Gasteiger partial charge in [-0.15, -0.1) is 0 Å². The number of rotatable bonds is 4. The lowest BCUT2D eigenvalue weighted by atomic mass is 10.2. The molecule has 0 fully saturated rings. The van der Waals surface area contributed by atoms with E-state index in [0.717, 1.165) is 5.56 Å². The van der Waals surface area contributed by atoms with Crippen molar-refractivity contribution in [1.82, 2.24) is 4.98 Å². The fraction of sp³-hybridized carbons (Fsp3) is 0.0769. The molecule has 0 saturated carbocycles. The highest BCUT2D eigenvalue weighted by Crippen LogP contribution is 2.07. The summed E-state index contributed by atoms with van der Waals surface area (Å²) < 4.78 is 27.1. The van der Waals surface area contributed by atoms with Crippen molar-refractivity contribution in [3.63, 3.8) is 0 Å². The fourth-order valence-corrected chi connectivity index (χ4v) is 2.39. The number of hydrogen-bond acceptors (Lipinski definition) is 3. The molecule has 0 aliphatic heterocycles. The number of nitrogens with zero attached hydrogens (tertiary/aromatic N) is 2. The molecule has 18 heavy (non-hydrogen) atoms. The van der Waals surface area contributed by atoms with E-state index in [9.17, 15) is 8.42 Å². The lowest BCUT2D eigenvalue weighted by Crippen LogP contribution is -2.01. The van der Waals surface area contributed by atoms with Crippen molar-refractivity contribution >= 4 is 16.2 Å². The van der Waals surface area contributed by atoms with Crippen LogP contribution in [-0.4, -0.2) is 19.6 Å². The van der Waals surface area contributed by atoms with Crippen LogP contribution >= 0.6 is 0 Å². The van der Waals surface area contributed by atoms with Gasteiger partial charge in [-0.25, -0.2) is 8.42 Å². The molecule has 2 rings (SSSR count). The maximum Gasteiger partial charge on any atom is 0.257 e. The van der Waals surface area contributed by atoms with Gasteiger partial charge in [-0.05, 0) is 11.6 Å². The number of sulfonamides is 1. The van der Waals surface area contributed by atoms with Crippen LogP contribution in [0, 0.1) is 0 Å². The highest BCUT2D eigenvalue weighted by atomic mass is 32.2. The quantitative estimate of drug-likeness (QED) is 0.790. The van der Waals surface area contributed by atoms with Gasteiger partial charge in [0, 0.05) is 24.2 Å². The molecule has 0 saturated heterocycles. The zero-order valence-electron chi connectivity index (χ0n) is 9.60. The Bertz CT molecular complexity index is 623. The third kappa shape index (κ3) is 3.78. The SMILES string of the molecule is O=S(=O)(Cc1ccccc1)/N=C/c1cccnc1. The van der Waals surface area contributed by atoms with Crippen LogP contribution in [0.2, 0.25) is 0 Å². The Kier molecular flexibility index (Phi) is 3.84. The first-order valence-corrected chi connectivity index (χ1v) is 6.99. The van der Waals surface area contributed by atoms with Crippen LogP contribution in [0.5, 0.6) is 0 Å². The average molecular weight is 260 g/mol. The van der Waals surface area contributed by atoms with Crippen molar-refractivity contribution in [2.75, 3.05) is 0 Å². The maximum atomic E-state index is 11.8. The van der Waals surface area contributed by atoms with E-state index in [1.807, 2.05) is 6.07 Å². The van der Waals surface area contributed by atoms with Crippen LogP contribution in [0.1, 0.15) is 11.1 Å². The molecule has 5 heteroatoms. The van der Waals surface area contributed by atoms with Gasteiger partial charge in [-0.2, -0.15) is 4.40 Å². The molecule has 0 aliphatic carbocycles. The van der Waals surface area contributed by atoms with Crippen LogP contribution in [0.25, 0.3) is 0 Å². The van der Waals surface area contributed by atoms with Gasteiger partial charge < -0.3 is 0 Å². The van der Waals surface area contributed by atoms with Gasteiger partial charge in [0.2, 0.25) is 0 Å². The largest absolute Gasteiger partial charge is 0.264 e. The van der Waals surface area contributed by atoms with Crippen molar-refractivity contribution in [3.05, 3.63) is 66.0 Å². The summed E-state index contributed by atoms with van der Waals surface area (Å²) in [5.41, 5.74) is 1.38. The number of hydrogen-bond donors (Lipinski definition) is 0. The monoisotopic (exact) mass is 260 g/mol. The summed E-state index contributed by atoms with van der Waals surface area (Å²) >= 11 is 0. The zero-order valence-corrected chi connectivity index (χ0v) is 10.4. The molecule has 0 N–H and O–H groups in total. The first-order valence-electron chi connectivity index (χ1n) is 5.38. The molecule has 0 unspecified atom stereocenters. The van der Waals surface area contributed by atoms with E-state index < -0.39 is 10.0 Å². The summed E-state index contributed by atoms with van der Waals surface area (Å²) in [6.45, 7) is 0. The first-order chi connectivity index (χ1) is 8.66. The summed E-state index contributed by atoms with van der Waals surface area (Å²) in [7, 11) is -3.49. The fourth-order valence-electron chi connectivity index (χ4n) is 1.42. The van der Waals surface area contributed by atoms with Crippen LogP contribution < -0.4 is 0 Å². The summed E-state index contributed by atoms with van der Waals surface area (Å²) in [6.07, 6.45) is 4.49. The topological polar surface area (TPSA) is 59.4 Å². The Morgan fingerprint density at radius 2 is 1.89 bits per heavy atom. The van der Waals surface area contributed by atoms with E-state index in [2.05, 4.69) is 9.38 Å². The summed E-state index contributed by atoms with van der Waals surface area (Å²) in [4.78, 5) is 3.88. The smallest absolute Gasteiger partial charge is 0.257 e. The Balaban J connectivity index is 2.11. The van der Waals surface area contributed by atoms with E-state index in [1.165, 1.54) is 6.21 Å². The van der Waals surface area contributed by atoms with E-state index in [-0.39, 0.29) is 5.75 Å². The van der Waals surface area contributed by atoms with E-state index in [4.69, 9.17) is 0 Å². The van der Waals surface area contributed by atoms with Gasteiger partial charge >= 0.3 is 0 Å². The molecule has 0 aliphatic rings. The molecule has 0 atom stereocenters. The van der Waals surface area contributed by atoms with Crippen molar-refractivity contribution in [2.24, 2.45) is 4.40 Å². The van der Waals surface area contributed by atoms with Gasteiger partial charge in [-0.3, -0.25) is 4.98 Å². The van der Waals surface area contributed by atoms with Crippen LogP contribution in [0.4, 0.5) is 0 Å². The van der Waals surface area contributed by atoms with E-state index in [0.29, 0.717) is 5.56 Å². The molecule has 0 spiro atoms. The molecule has 4 nitrogen and oxygen atoms in total. The van der Waals surface area contributed by atoms with Crippen molar-refractivity contribution in [2.45, 2.75) is 5.75 Å². The molecule has 0 bridgehead atoms. The van der Waals surface area contributed by atoms with Gasteiger partial charge in [0.25, 0.3) is 10.0 Å². The summed E-state index contributed by atoms with van der Waals surface area (Å²) in [5, 5.41) is 0. The maximum absolute atomic E-state index is 11.8. The molecule has 0 amide bonds. The van der Waals surface area contributed by atoms with Gasteiger partial charge in [-0.1, -0.05) is 36.4 Å². The molecule has 1 aromatic heterocycles. The number of benzene rings is 1. The Labute approximate surface area is 106 Å². The second-order valence-corrected chi connectivity index (χ2v) is 5.40. The number of pyridine rings is 1. The summed E-state index contributed by atoms with van der Waals surface area (Å²) in [6, 6.07) is 12.4. The Hall–Kier alpha value is -2.01. The predicted molar refractivity (Wildman–Crippen MR) is 70.9 cm³/mol. The molecular formula is C13H12N2O2S. The molecule has 2 aromatic rings. The molecular weight excluding hydrogens is 248 g/mol. The minimum Gasteiger partial charge on any atom is -0.264 e. The van der Waals surface area contributed by atoms with Crippen molar-refractivity contribution in [3.8, 4) is 0 Å². The molecule has 1 heterocycles. The Morgan fingerprint density at radius 3 is 2.56 bits per heavy atom. The lowest BCUT2D eigenvalue weighted by Gasteiger charge is -1.98. The third-order valence-electron chi connectivity index (χ3n) is 2.24. The molecule has 0 radical (unpaired) electrons. The molecule has 1 aromatic carbocycles. The molecule has 92 valence electrons. The highest BCUT2D eigenvalue weighted by molar-refractivity contribution is 7.89. The normalized spacial score (nSPS) is 11.8. The van der Waals surface area contributed by atoms with Crippen LogP contribution in [0.15, 0.2) is 59.3 Å². The average Bonchev–Trinajstić information content (AvgIpc) is 2.38.